The van der Waals surface area contributed by atoms with Gasteiger partial charge in [-0.1, -0.05) is 28.1 Å². The second kappa shape index (κ2) is 4.39. The molecular weight excluding hydrogens is 234 g/mol. The van der Waals surface area contributed by atoms with Crippen molar-refractivity contribution in [3.8, 4) is 0 Å². The van der Waals surface area contributed by atoms with E-state index < -0.39 is 12.0 Å². The highest BCUT2D eigenvalue weighted by molar-refractivity contribution is 9.10. The highest BCUT2D eigenvalue weighted by Gasteiger charge is 2.16. The molecule has 0 radical (unpaired) electrons. The summed E-state index contributed by atoms with van der Waals surface area (Å²) in [6.07, 6.45) is 0. The number of hydrogen-bond acceptors (Lipinski definition) is 2. The van der Waals surface area contributed by atoms with E-state index in [4.69, 9.17) is 5.11 Å². The number of hydrogen-bond donors (Lipinski definition) is 2. The lowest BCUT2D eigenvalue weighted by Gasteiger charge is -2.10. The lowest BCUT2D eigenvalue weighted by Crippen LogP contribution is -2.24. The molecule has 0 aliphatic heterocycles. The number of rotatable bonds is 3. The second-order valence-corrected chi connectivity index (χ2v) is 3.53. The van der Waals surface area contributed by atoms with Gasteiger partial charge in [0.2, 0.25) is 0 Å². The number of nitrogens with one attached hydrogen (secondary N) is 1. The minimum absolute atomic E-state index is 0.631. The maximum Gasteiger partial charge on any atom is 0.325 e. The molecule has 4 heteroatoms. The standard InChI is InChI=1S/C9H10BrNO2/c1-11-8(9(12)13)6-2-4-7(10)5-3-6/h2-5,8,11H,1H3,(H,12,13)/t8-/m0/s1. The van der Waals surface area contributed by atoms with E-state index in [2.05, 4.69) is 21.2 Å². The SMILES string of the molecule is CN[C@H](C(=O)O)c1ccc(Br)cc1. The van der Waals surface area contributed by atoms with Crippen LogP contribution in [0, 0.1) is 0 Å². The monoisotopic (exact) mass is 243 g/mol. The Morgan fingerprint density at radius 3 is 2.38 bits per heavy atom. The van der Waals surface area contributed by atoms with Gasteiger partial charge in [-0.3, -0.25) is 4.79 Å². The number of aliphatic carboxylic acids is 1. The Kier molecular flexibility index (Phi) is 3.45. The fourth-order valence-electron chi connectivity index (χ4n) is 1.09. The Labute approximate surface area is 84.9 Å². The average Bonchev–Trinajstić information content (AvgIpc) is 2.09. The Balaban J connectivity index is 2.92. The molecule has 0 fully saturated rings. The van der Waals surface area contributed by atoms with E-state index in [1.165, 1.54) is 0 Å². The second-order valence-electron chi connectivity index (χ2n) is 2.61. The normalized spacial score (nSPS) is 12.5. The summed E-state index contributed by atoms with van der Waals surface area (Å²) in [5, 5.41) is 11.5. The lowest BCUT2D eigenvalue weighted by atomic mass is 10.1. The maximum atomic E-state index is 10.7. The summed E-state index contributed by atoms with van der Waals surface area (Å²) in [6.45, 7) is 0. The van der Waals surface area contributed by atoms with Gasteiger partial charge in [-0.15, -0.1) is 0 Å². The van der Waals surface area contributed by atoms with Crippen LogP contribution in [-0.4, -0.2) is 18.1 Å². The molecule has 0 unspecified atom stereocenters. The molecule has 2 N–H and O–H groups in total. The lowest BCUT2D eigenvalue weighted by molar-refractivity contribution is -0.139. The van der Waals surface area contributed by atoms with E-state index in [0.29, 0.717) is 0 Å². The molecule has 13 heavy (non-hydrogen) atoms. The molecule has 0 aromatic heterocycles. The van der Waals surface area contributed by atoms with Gasteiger partial charge in [0.15, 0.2) is 0 Å². The summed E-state index contributed by atoms with van der Waals surface area (Å²) in [4.78, 5) is 10.7. The third kappa shape index (κ3) is 2.54. The van der Waals surface area contributed by atoms with Crippen molar-refractivity contribution in [2.24, 2.45) is 0 Å². The molecule has 0 aliphatic carbocycles. The first-order chi connectivity index (χ1) is 6.15. The summed E-state index contributed by atoms with van der Waals surface area (Å²) in [6, 6.07) is 6.57. The van der Waals surface area contributed by atoms with Gasteiger partial charge in [0.1, 0.15) is 6.04 Å². The first-order valence-corrected chi connectivity index (χ1v) is 4.60. The average molecular weight is 244 g/mol. The number of benzene rings is 1. The zero-order valence-electron chi connectivity index (χ0n) is 7.12. The Morgan fingerprint density at radius 2 is 2.00 bits per heavy atom. The molecule has 0 aliphatic rings. The van der Waals surface area contributed by atoms with Crippen molar-refractivity contribution in [3.05, 3.63) is 34.3 Å². The zero-order valence-corrected chi connectivity index (χ0v) is 8.71. The van der Waals surface area contributed by atoms with Crippen molar-refractivity contribution in [2.45, 2.75) is 6.04 Å². The minimum Gasteiger partial charge on any atom is -0.480 e. The molecule has 1 aromatic carbocycles. The van der Waals surface area contributed by atoms with Gasteiger partial charge >= 0.3 is 5.97 Å². The van der Waals surface area contributed by atoms with Gasteiger partial charge < -0.3 is 10.4 Å². The predicted octanol–water partition coefficient (Wildman–Crippen LogP) is 1.79. The van der Waals surface area contributed by atoms with Crippen LogP contribution in [0.4, 0.5) is 0 Å². The van der Waals surface area contributed by atoms with E-state index in [-0.39, 0.29) is 0 Å². The first-order valence-electron chi connectivity index (χ1n) is 3.80. The van der Waals surface area contributed by atoms with Crippen LogP contribution in [0.2, 0.25) is 0 Å². The fraction of sp³-hybridized carbons (Fsp3) is 0.222. The van der Waals surface area contributed by atoms with Crippen LogP contribution in [-0.2, 0) is 4.79 Å². The van der Waals surface area contributed by atoms with E-state index in [1.807, 2.05) is 12.1 Å². The molecule has 0 amide bonds. The van der Waals surface area contributed by atoms with Crippen molar-refractivity contribution < 1.29 is 9.90 Å². The quantitative estimate of drug-likeness (QED) is 0.852. The number of halogens is 1. The molecule has 3 nitrogen and oxygen atoms in total. The van der Waals surface area contributed by atoms with E-state index in [9.17, 15) is 4.79 Å². The van der Waals surface area contributed by atoms with Crippen molar-refractivity contribution in [1.82, 2.24) is 5.32 Å². The van der Waals surface area contributed by atoms with Crippen LogP contribution in [0.15, 0.2) is 28.7 Å². The highest BCUT2D eigenvalue weighted by Crippen LogP contribution is 2.16. The number of carboxylic acids is 1. The molecule has 1 aromatic rings. The number of carbonyl (C=O) groups is 1. The van der Waals surface area contributed by atoms with Crippen LogP contribution in [0.1, 0.15) is 11.6 Å². The number of carboxylic acid groups (broad SMARTS) is 1. The topological polar surface area (TPSA) is 49.3 Å². The van der Waals surface area contributed by atoms with Crippen LogP contribution in [0.3, 0.4) is 0 Å². The molecule has 0 bridgehead atoms. The van der Waals surface area contributed by atoms with Gasteiger partial charge in [0.05, 0.1) is 0 Å². The predicted molar refractivity (Wildman–Crippen MR) is 53.6 cm³/mol. The third-order valence-electron chi connectivity index (χ3n) is 1.74. The first kappa shape index (κ1) is 10.2. The molecule has 1 atom stereocenters. The number of likely N-dealkylation sites (N-methyl/N-ethyl adjacent to an activating group) is 1. The van der Waals surface area contributed by atoms with Crippen LogP contribution in [0.25, 0.3) is 0 Å². The summed E-state index contributed by atoms with van der Waals surface area (Å²) in [5.41, 5.74) is 0.748. The molecule has 0 heterocycles. The molecule has 0 saturated heterocycles. The largest absolute Gasteiger partial charge is 0.480 e. The Morgan fingerprint density at radius 1 is 1.46 bits per heavy atom. The van der Waals surface area contributed by atoms with Gasteiger partial charge in [-0.05, 0) is 24.7 Å². The molecule has 1 rings (SSSR count). The van der Waals surface area contributed by atoms with Gasteiger partial charge in [0.25, 0.3) is 0 Å². The van der Waals surface area contributed by atoms with Crippen LogP contribution < -0.4 is 5.32 Å². The minimum atomic E-state index is -0.871. The molecule has 70 valence electrons. The highest BCUT2D eigenvalue weighted by atomic mass is 79.9. The van der Waals surface area contributed by atoms with Gasteiger partial charge in [-0.25, -0.2) is 0 Å². The van der Waals surface area contributed by atoms with Crippen molar-refractivity contribution in [1.29, 1.82) is 0 Å². The van der Waals surface area contributed by atoms with Crippen LogP contribution in [0.5, 0.6) is 0 Å². The fourth-order valence-corrected chi connectivity index (χ4v) is 1.35. The Bertz CT molecular complexity index is 297. The Hall–Kier alpha value is -0.870. The van der Waals surface area contributed by atoms with Crippen LogP contribution >= 0.6 is 15.9 Å². The molecular formula is C9H10BrNO2. The smallest absolute Gasteiger partial charge is 0.325 e. The summed E-state index contributed by atoms with van der Waals surface area (Å²) in [5.74, 6) is -0.871. The van der Waals surface area contributed by atoms with Crippen molar-refractivity contribution >= 4 is 21.9 Å². The van der Waals surface area contributed by atoms with E-state index in [0.717, 1.165) is 10.0 Å². The van der Waals surface area contributed by atoms with Gasteiger partial charge in [0, 0.05) is 4.47 Å². The van der Waals surface area contributed by atoms with E-state index >= 15 is 0 Å². The van der Waals surface area contributed by atoms with Gasteiger partial charge in [-0.2, -0.15) is 0 Å². The maximum absolute atomic E-state index is 10.7. The summed E-state index contributed by atoms with van der Waals surface area (Å²) >= 11 is 3.29. The van der Waals surface area contributed by atoms with E-state index in [1.54, 1.807) is 19.2 Å². The summed E-state index contributed by atoms with van der Waals surface area (Å²) < 4.78 is 0.941. The summed E-state index contributed by atoms with van der Waals surface area (Å²) in [7, 11) is 1.63. The molecule has 0 saturated carbocycles. The molecule has 0 spiro atoms. The zero-order chi connectivity index (χ0) is 9.84. The van der Waals surface area contributed by atoms with Crippen molar-refractivity contribution in [3.63, 3.8) is 0 Å². The third-order valence-corrected chi connectivity index (χ3v) is 2.27. The van der Waals surface area contributed by atoms with Crippen molar-refractivity contribution in [2.75, 3.05) is 7.05 Å².